The number of fused-ring (bicyclic) bond motifs is 1. The van der Waals surface area contributed by atoms with Crippen molar-refractivity contribution in [1.82, 2.24) is 24.4 Å². The highest BCUT2D eigenvalue weighted by Crippen LogP contribution is 2.30. The van der Waals surface area contributed by atoms with Crippen LogP contribution in [0.15, 0.2) is 47.8 Å². The minimum atomic E-state index is -0.137. The SMILES string of the molecule is O=C(c1ncccn1)N1CCN(c2ccc3c(=O)n(CC4CC4)cnc3c2)CC1. The molecule has 1 aliphatic carbocycles. The highest BCUT2D eigenvalue weighted by Gasteiger charge is 2.25. The first-order valence-electron chi connectivity index (χ1n) is 9.99. The molecule has 0 radical (unpaired) electrons. The van der Waals surface area contributed by atoms with Crippen molar-refractivity contribution in [3.05, 3.63) is 59.2 Å². The van der Waals surface area contributed by atoms with E-state index in [1.807, 2.05) is 18.2 Å². The molecule has 1 aliphatic heterocycles. The molecule has 2 aromatic heterocycles. The molecule has 2 fully saturated rings. The maximum absolute atomic E-state index is 12.7. The van der Waals surface area contributed by atoms with Gasteiger partial charge in [0, 0.05) is 50.8 Å². The Morgan fingerprint density at radius 2 is 1.79 bits per heavy atom. The molecule has 1 saturated carbocycles. The number of carbonyl (C=O) groups excluding carboxylic acids is 1. The van der Waals surface area contributed by atoms with Gasteiger partial charge in [0.25, 0.3) is 11.5 Å². The molecule has 3 heterocycles. The van der Waals surface area contributed by atoms with Crippen molar-refractivity contribution < 1.29 is 4.79 Å². The van der Waals surface area contributed by atoms with Gasteiger partial charge in [-0.25, -0.2) is 15.0 Å². The molecule has 0 bridgehead atoms. The Morgan fingerprint density at radius 1 is 1.03 bits per heavy atom. The molecular weight excluding hydrogens is 368 g/mol. The summed E-state index contributed by atoms with van der Waals surface area (Å²) in [4.78, 5) is 41.8. The number of hydrogen-bond acceptors (Lipinski definition) is 6. The number of piperazine rings is 1. The first-order valence-corrected chi connectivity index (χ1v) is 9.99. The Kier molecular flexibility index (Phi) is 4.46. The van der Waals surface area contributed by atoms with E-state index < -0.39 is 0 Å². The average Bonchev–Trinajstić information content (AvgIpc) is 3.60. The van der Waals surface area contributed by atoms with Gasteiger partial charge in [0.15, 0.2) is 0 Å². The fourth-order valence-corrected chi connectivity index (χ4v) is 3.77. The summed E-state index contributed by atoms with van der Waals surface area (Å²) in [7, 11) is 0. The highest BCUT2D eigenvalue weighted by atomic mass is 16.2. The zero-order chi connectivity index (χ0) is 19.8. The van der Waals surface area contributed by atoms with Crippen molar-refractivity contribution in [2.24, 2.45) is 5.92 Å². The molecule has 1 aromatic carbocycles. The molecule has 8 nitrogen and oxygen atoms in total. The molecule has 0 spiro atoms. The predicted octanol–water partition coefficient (Wildman–Crippen LogP) is 1.56. The molecule has 1 saturated heterocycles. The van der Waals surface area contributed by atoms with E-state index in [1.54, 1.807) is 34.3 Å². The van der Waals surface area contributed by atoms with Gasteiger partial charge in [-0.15, -0.1) is 0 Å². The quantitative estimate of drug-likeness (QED) is 0.672. The number of nitrogens with zero attached hydrogens (tertiary/aromatic N) is 6. The molecule has 1 amide bonds. The summed E-state index contributed by atoms with van der Waals surface area (Å²) in [6, 6.07) is 7.52. The van der Waals surface area contributed by atoms with Gasteiger partial charge in [-0.2, -0.15) is 0 Å². The van der Waals surface area contributed by atoms with E-state index in [0.717, 1.165) is 17.7 Å². The molecule has 148 valence electrons. The minimum absolute atomic E-state index is 0.0340. The second-order valence-electron chi connectivity index (χ2n) is 7.70. The van der Waals surface area contributed by atoms with Gasteiger partial charge in [0.1, 0.15) is 0 Å². The standard InChI is InChI=1S/C21H22N6O2/c28-20-17-5-4-16(12-18(17)24-14-27(20)13-15-2-3-15)25-8-10-26(11-9-25)21(29)19-22-6-1-7-23-19/h1,4-7,12,14-15H,2-3,8-11,13H2. The monoisotopic (exact) mass is 390 g/mol. The molecular formula is C21H22N6O2. The fourth-order valence-electron chi connectivity index (χ4n) is 3.77. The molecule has 8 heteroatoms. The van der Waals surface area contributed by atoms with Crippen LogP contribution >= 0.6 is 0 Å². The van der Waals surface area contributed by atoms with Crippen molar-refractivity contribution in [3.63, 3.8) is 0 Å². The lowest BCUT2D eigenvalue weighted by atomic mass is 10.2. The van der Waals surface area contributed by atoms with Crippen molar-refractivity contribution >= 4 is 22.5 Å². The molecule has 5 rings (SSSR count). The van der Waals surface area contributed by atoms with Crippen LogP contribution in [0.2, 0.25) is 0 Å². The maximum atomic E-state index is 12.7. The van der Waals surface area contributed by atoms with Crippen molar-refractivity contribution in [2.45, 2.75) is 19.4 Å². The lowest BCUT2D eigenvalue weighted by Gasteiger charge is -2.35. The molecule has 2 aliphatic rings. The van der Waals surface area contributed by atoms with Crippen molar-refractivity contribution in [2.75, 3.05) is 31.1 Å². The zero-order valence-corrected chi connectivity index (χ0v) is 16.1. The van der Waals surface area contributed by atoms with Gasteiger partial charge in [-0.3, -0.25) is 14.2 Å². The van der Waals surface area contributed by atoms with Crippen molar-refractivity contribution in [3.8, 4) is 0 Å². The van der Waals surface area contributed by atoms with Crippen LogP contribution in [0.5, 0.6) is 0 Å². The van der Waals surface area contributed by atoms with E-state index in [9.17, 15) is 9.59 Å². The van der Waals surface area contributed by atoms with Crippen LogP contribution < -0.4 is 10.5 Å². The number of aromatic nitrogens is 4. The largest absolute Gasteiger partial charge is 0.368 e. The number of anilines is 1. The van der Waals surface area contributed by atoms with Crippen LogP contribution in [-0.4, -0.2) is 56.5 Å². The summed E-state index contributed by atoms with van der Waals surface area (Å²) in [5.74, 6) is 0.728. The molecule has 29 heavy (non-hydrogen) atoms. The van der Waals surface area contributed by atoms with Crippen LogP contribution in [0.3, 0.4) is 0 Å². The second kappa shape index (κ2) is 7.27. The fraction of sp³-hybridized carbons (Fsp3) is 0.381. The topological polar surface area (TPSA) is 84.2 Å². The summed E-state index contributed by atoms with van der Waals surface area (Å²) in [6.45, 7) is 3.40. The molecule has 3 aromatic rings. The van der Waals surface area contributed by atoms with Gasteiger partial charge < -0.3 is 9.80 Å². The van der Waals surface area contributed by atoms with Gasteiger partial charge in [-0.05, 0) is 43.0 Å². The first-order chi connectivity index (χ1) is 14.2. The Morgan fingerprint density at radius 3 is 2.52 bits per heavy atom. The van der Waals surface area contributed by atoms with Crippen LogP contribution in [0.1, 0.15) is 23.5 Å². The normalized spacial score (nSPS) is 17.0. The predicted molar refractivity (Wildman–Crippen MR) is 109 cm³/mol. The second-order valence-corrected chi connectivity index (χ2v) is 7.70. The Hall–Kier alpha value is -3.29. The van der Waals surface area contributed by atoms with Crippen LogP contribution in [0.4, 0.5) is 5.69 Å². The lowest BCUT2D eigenvalue weighted by Crippen LogP contribution is -2.49. The Labute approximate surface area is 167 Å². The van der Waals surface area contributed by atoms with Gasteiger partial charge in [0.05, 0.1) is 17.2 Å². The summed E-state index contributed by atoms with van der Waals surface area (Å²) >= 11 is 0. The third-order valence-electron chi connectivity index (χ3n) is 5.65. The Bertz CT molecular complexity index is 1100. The van der Waals surface area contributed by atoms with Gasteiger partial charge >= 0.3 is 0 Å². The summed E-state index contributed by atoms with van der Waals surface area (Å²) in [5.41, 5.74) is 1.77. The van der Waals surface area contributed by atoms with Crippen molar-refractivity contribution in [1.29, 1.82) is 0 Å². The van der Waals surface area contributed by atoms with Crippen LogP contribution in [0, 0.1) is 5.92 Å². The number of carbonyl (C=O) groups is 1. The number of benzene rings is 1. The molecule has 0 N–H and O–H groups in total. The maximum Gasteiger partial charge on any atom is 0.291 e. The van der Waals surface area contributed by atoms with E-state index in [-0.39, 0.29) is 17.3 Å². The number of hydrogen-bond donors (Lipinski definition) is 0. The van der Waals surface area contributed by atoms with Crippen LogP contribution in [-0.2, 0) is 6.54 Å². The van der Waals surface area contributed by atoms with E-state index in [2.05, 4.69) is 19.9 Å². The van der Waals surface area contributed by atoms with E-state index in [1.165, 1.54) is 12.8 Å². The Balaban J connectivity index is 1.30. The minimum Gasteiger partial charge on any atom is -0.368 e. The smallest absolute Gasteiger partial charge is 0.291 e. The van der Waals surface area contributed by atoms with Gasteiger partial charge in [0.2, 0.25) is 5.82 Å². The van der Waals surface area contributed by atoms with Gasteiger partial charge in [-0.1, -0.05) is 0 Å². The lowest BCUT2D eigenvalue weighted by molar-refractivity contribution is 0.0734. The molecule has 0 unspecified atom stereocenters. The average molecular weight is 390 g/mol. The molecule has 0 atom stereocenters. The summed E-state index contributed by atoms with van der Waals surface area (Å²) in [5, 5.41) is 0.659. The third-order valence-corrected chi connectivity index (χ3v) is 5.65. The van der Waals surface area contributed by atoms with E-state index in [0.29, 0.717) is 37.5 Å². The highest BCUT2D eigenvalue weighted by molar-refractivity contribution is 5.90. The first kappa shape index (κ1) is 17.8. The summed E-state index contributed by atoms with van der Waals surface area (Å²) < 4.78 is 1.73. The van der Waals surface area contributed by atoms with E-state index in [4.69, 9.17) is 0 Å². The number of amides is 1. The van der Waals surface area contributed by atoms with Crippen LogP contribution in [0.25, 0.3) is 10.9 Å². The zero-order valence-electron chi connectivity index (χ0n) is 16.1. The third kappa shape index (κ3) is 3.57. The van der Waals surface area contributed by atoms with E-state index >= 15 is 0 Å². The summed E-state index contributed by atoms with van der Waals surface area (Å²) in [6.07, 6.45) is 7.24. The number of rotatable bonds is 4.